The zero-order valence-corrected chi connectivity index (χ0v) is 14.2. The Kier molecular flexibility index (Phi) is 4.92. The fourth-order valence-corrected chi connectivity index (χ4v) is 4.40. The molecule has 1 aliphatic carbocycles. The SMILES string of the molecule is NS(=O)(=O)c1cc(Br)c(OC2CCCCC2)c(Br)c1. The Labute approximate surface area is 130 Å². The van der Waals surface area contributed by atoms with Gasteiger partial charge in [0.05, 0.1) is 19.9 Å². The van der Waals surface area contributed by atoms with Gasteiger partial charge in [0.1, 0.15) is 5.75 Å². The molecule has 0 amide bonds. The largest absolute Gasteiger partial charge is 0.488 e. The number of benzene rings is 1. The summed E-state index contributed by atoms with van der Waals surface area (Å²) in [6, 6.07) is 2.94. The van der Waals surface area contributed by atoms with E-state index in [0.29, 0.717) is 14.7 Å². The number of ether oxygens (including phenoxy) is 1. The van der Waals surface area contributed by atoms with Crippen LogP contribution in [0.1, 0.15) is 32.1 Å². The smallest absolute Gasteiger partial charge is 0.238 e. The van der Waals surface area contributed by atoms with E-state index in [2.05, 4.69) is 31.9 Å². The van der Waals surface area contributed by atoms with Crippen LogP contribution in [0.4, 0.5) is 0 Å². The number of primary sulfonamides is 1. The first-order valence-corrected chi connectivity index (χ1v) is 9.19. The molecule has 0 aromatic heterocycles. The van der Waals surface area contributed by atoms with E-state index in [4.69, 9.17) is 9.88 Å². The first kappa shape index (κ1) is 15.3. The second kappa shape index (κ2) is 6.11. The normalized spacial score (nSPS) is 17.4. The summed E-state index contributed by atoms with van der Waals surface area (Å²) < 4.78 is 29.8. The summed E-state index contributed by atoms with van der Waals surface area (Å²) in [4.78, 5) is 0.0576. The van der Waals surface area contributed by atoms with E-state index in [9.17, 15) is 8.42 Å². The van der Waals surface area contributed by atoms with Crippen LogP contribution in [0.25, 0.3) is 0 Å². The van der Waals surface area contributed by atoms with Crippen molar-refractivity contribution in [2.75, 3.05) is 0 Å². The summed E-state index contributed by atoms with van der Waals surface area (Å²) in [5, 5.41) is 5.12. The molecule has 0 saturated heterocycles. The van der Waals surface area contributed by atoms with Crippen molar-refractivity contribution < 1.29 is 13.2 Å². The highest BCUT2D eigenvalue weighted by molar-refractivity contribution is 9.11. The summed E-state index contributed by atoms with van der Waals surface area (Å²) in [6.45, 7) is 0. The Bertz CT molecular complexity index is 545. The molecular weight excluding hydrogens is 398 g/mol. The van der Waals surface area contributed by atoms with Crippen LogP contribution in [-0.4, -0.2) is 14.5 Å². The minimum Gasteiger partial charge on any atom is -0.488 e. The molecule has 0 unspecified atom stereocenters. The van der Waals surface area contributed by atoms with Crippen molar-refractivity contribution in [2.45, 2.75) is 43.1 Å². The Morgan fingerprint density at radius 1 is 1.11 bits per heavy atom. The molecule has 1 aromatic rings. The van der Waals surface area contributed by atoms with Gasteiger partial charge in [-0.15, -0.1) is 0 Å². The average molecular weight is 413 g/mol. The van der Waals surface area contributed by atoms with Crippen LogP contribution in [0, 0.1) is 0 Å². The predicted molar refractivity (Wildman–Crippen MR) is 80.7 cm³/mol. The quantitative estimate of drug-likeness (QED) is 0.824. The van der Waals surface area contributed by atoms with E-state index in [1.54, 1.807) is 0 Å². The molecule has 0 radical (unpaired) electrons. The average Bonchev–Trinajstić information content (AvgIpc) is 2.33. The summed E-state index contributed by atoms with van der Waals surface area (Å²) >= 11 is 6.68. The fourth-order valence-electron chi connectivity index (χ4n) is 2.16. The molecule has 0 bridgehead atoms. The van der Waals surface area contributed by atoms with Gasteiger partial charge in [0, 0.05) is 0 Å². The van der Waals surface area contributed by atoms with Gasteiger partial charge in [-0.05, 0) is 69.7 Å². The second-order valence-corrected chi connectivity index (χ2v) is 7.91. The third-order valence-electron chi connectivity index (χ3n) is 3.14. The second-order valence-electron chi connectivity index (χ2n) is 4.64. The molecule has 1 fully saturated rings. The highest BCUT2D eigenvalue weighted by Crippen LogP contribution is 2.37. The zero-order chi connectivity index (χ0) is 14.0. The van der Waals surface area contributed by atoms with Crippen molar-refractivity contribution >= 4 is 41.9 Å². The Balaban J connectivity index is 2.26. The van der Waals surface area contributed by atoms with Crippen molar-refractivity contribution in [2.24, 2.45) is 5.14 Å². The third-order valence-corrected chi connectivity index (χ3v) is 5.21. The van der Waals surface area contributed by atoms with Crippen LogP contribution in [-0.2, 0) is 10.0 Å². The number of hydrogen-bond acceptors (Lipinski definition) is 3. The maximum atomic E-state index is 11.3. The molecule has 1 aliphatic rings. The van der Waals surface area contributed by atoms with E-state index in [1.807, 2.05) is 0 Å². The van der Waals surface area contributed by atoms with Crippen molar-refractivity contribution in [3.63, 3.8) is 0 Å². The minimum absolute atomic E-state index is 0.0576. The molecule has 1 aromatic carbocycles. The lowest BCUT2D eigenvalue weighted by molar-refractivity contribution is 0.153. The number of halogens is 2. The Morgan fingerprint density at radius 3 is 2.11 bits per heavy atom. The third kappa shape index (κ3) is 3.93. The molecule has 2 rings (SSSR count). The number of sulfonamides is 1. The van der Waals surface area contributed by atoms with Crippen molar-refractivity contribution in [3.05, 3.63) is 21.1 Å². The van der Waals surface area contributed by atoms with Crippen LogP contribution in [0.3, 0.4) is 0 Å². The lowest BCUT2D eigenvalue weighted by Gasteiger charge is -2.24. The minimum atomic E-state index is -3.71. The van der Waals surface area contributed by atoms with Crippen LogP contribution < -0.4 is 9.88 Å². The molecule has 4 nitrogen and oxygen atoms in total. The maximum absolute atomic E-state index is 11.3. The molecule has 1 saturated carbocycles. The van der Waals surface area contributed by atoms with Crippen LogP contribution >= 0.6 is 31.9 Å². The standard InChI is InChI=1S/C12H15Br2NO3S/c13-10-6-9(19(15,16)17)7-11(14)12(10)18-8-4-2-1-3-5-8/h6-8H,1-5H2,(H2,15,16,17). The van der Waals surface area contributed by atoms with Gasteiger partial charge in [-0.3, -0.25) is 0 Å². The molecule has 0 heterocycles. The van der Waals surface area contributed by atoms with Gasteiger partial charge in [0.25, 0.3) is 0 Å². The first-order chi connectivity index (χ1) is 8.88. The highest BCUT2D eigenvalue weighted by Gasteiger charge is 2.20. The van der Waals surface area contributed by atoms with Gasteiger partial charge in [0.2, 0.25) is 10.0 Å². The molecule has 0 spiro atoms. The molecule has 7 heteroatoms. The van der Waals surface area contributed by atoms with Crippen molar-refractivity contribution in [3.8, 4) is 5.75 Å². The van der Waals surface area contributed by atoms with Gasteiger partial charge >= 0.3 is 0 Å². The zero-order valence-electron chi connectivity index (χ0n) is 10.2. The van der Waals surface area contributed by atoms with Crippen molar-refractivity contribution in [1.29, 1.82) is 0 Å². The van der Waals surface area contributed by atoms with Gasteiger partial charge < -0.3 is 4.74 Å². The summed E-state index contributed by atoms with van der Waals surface area (Å²) in [5.74, 6) is 0.638. The molecular formula is C12H15Br2NO3S. The van der Waals surface area contributed by atoms with Crippen molar-refractivity contribution in [1.82, 2.24) is 0 Å². The van der Waals surface area contributed by atoms with Gasteiger partial charge in [0.15, 0.2) is 0 Å². The monoisotopic (exact) mass is 411 g/mol. The number of rotatable bonds is 3. The van der Waals surface area contributed by atoms with E-state index in [-0.39, 0.29) is 11.0 Å². The Hall–Kier alpha value is -0.110. The Morgan fingerprint density at radius 2 is 1.63 bits per heavy atom. The molecule has 0 atom stereocenters. The van der Waals surface area contributed by atoms with Crippen LogP contribution in [0.5, 0.6) is 5.75 Å². The molecule has 2 N–H and O–H groups in total. The lowest BCUT2D eigenvalue weighted by Crippen LogP contribution is -2.20. The van der Waals surface area contributed by atoms with Gasteiger partial charge in [-0.2, -0.15) is 0 Å². The number of hydrogen-bond donors (Lipinski definition) is 1. The fraction of sp³-hybridized carbons (Fsp3) is 0.500. The van der Waals surface area contributed by atoms with Gasteiger partial charge in [-0.1, -0.05) is 6.42 Å². The number of nitrogens with two attached hydrogens (primary N) is 1. The summed E-state index contributed by atoms with van der Waals surface area (Å²) in [6.07, 6.45) is 5.88. The van der Waals surface area contributed by atoms with E-state index >= 15 is 0 Å². The van der Waals surface area contributed by atoms with Crippen LogP contribution in [0.15, 0.2) is 26.0 Å². The molecule has 19 heavy (non-hydrogen) atoms. The summed E-state index contributed by atoms with van der Waals surface area (Å²) in [5.41, 5.74) is 0. The molecule has 106 valence electrons. The maximum Gasteiger partial charge on any atom is 0.238 e. The predicted octanol–water partition coefficient (Wildman–Crippen LogP) is 3.57. The highest BCUT2D eigenvalue weighted by atomic mass is 79.9. The van der Waals surface area contributed by atoms with Crippen LogP contribution in [0.2, 0.25) is 0 Å². The van der Waals surface area contributed by atoms with E-state index in [1.165, 1.54) is 31.4 Å². The topological polar surface area (TPSA) is 69.4 Å². The van der Waals surface area contributed by atoms with Gasteiger partial charge in [-0.25, -0.2) is 13.6 Å². The van der Waals surface area contributed by atoms with E-state index < -0.39 is 10.0 Å². The first-order valence-electron chi connectivity index (χ1n) is 6.06. The summed E-state index contributed by atoms with van der Waals surface area (Å²) in [7, 11) is -3.71. The van der Waals surface area contributed by atoms with E-state index in [0.717, 1.165) is 12.8 Å². The lowest BCUT2D eigenvalue weighted by atomic mass is 9.98. The molecule has 0 aliphatic heterocycles.